The molecular formula is C14H20N2OS. The zero-order valence-corrected chi connectivity index (χ0v) is 11.6. The minimum absolute atomic E-state index is 0.112. The Morgan fingerprint density at radius 2 is 2.28 bits per heavy atom. The minimum Gasteiger partial charge on any atom is -0.368 e. The van der Waals surface area contributed by atoms with E-state index in [4.69, 9.17) is 0 Å². The van der Waals surface area contributed by atoms with Crippen LogP contribution in [0.3, 0.4) is 0 Å². The van der Waals surface area contributed by atoms with Crippen LogP contribution >= 0.6 is 12.6 Å². The van der Waals surface area contributed by atoms with Crippen molar-refractivity contribution in [2.75, 3.05) is 23.7 Å². The van der Waals surface area contributed by atoms with Gasteiger partial charge in [0.25, 0.3) is 0 Å². The summed E-state index contributed by atoms with van der Waals surface area (Å²) in [4.78, 5) is 14.0. The Morgan fingerprint density at radius 1 is 1.50 bits per heavy atom. The van der Waals surface area contributed by atoms with Gasteiger partial charge < -0.3 is 10.2 Å². The van der Waals surface area contributed by atoms with Crippen molar-refractivity contribution >= 4 is 24.2 Å². The molecule has 1 amide bonds. The third-order valence-electron chi connectivity index (χ3n) is 3.37. The number of hydrogen-bond donors (Lipinski definition) is 2. The average Bonchev–Trinajstić information content (AvgIpc) is 2.80. The van der Waals surface area contributed by atoms with Gasteiger partial charge in [-0.25, -0.2) is 0 Å². The largest absolute Gasteiger partial charge is 0.368 e. The molecule has 1 aliphatic rings. The Morgan fingerprint density at radius 3 is 3.06 bits per heavy atom. The molecule has 1 atom stereocenters. The molecule has 1 N–H and O–H groups in total. The maximum atomic E-state index is 11.7. The standard InChI is InChI=1S/C14H20N2OS/c1-11(10-14(17)15-7-9-18)16-8-6-12-4-2-3-5-13(12)16/h2-5,11,18H,6-10H2,1H3,(H,15,17). The zero-order valence-electron chi connectivity index (χ0n) is 10.7. The number of rotatable bonds is 5. The molecule has 3 nitrogen and oxygen atoms in total. The first-order valence-corrected chi connectivity index (χ1v) is 7.07. The van der Waals surface area contributed by atoms with Gasteiger partial charge >= 0.3 is 0 Å². The van der Waals surface area contributed by atoms with Gasteiger partial charge in [-0.05, 0) is 25.0 Å². The molecule has 1 aliphatic heterocycles. The van der Waals surface area contributed by atoms with E-state index in [1.807, 2.05) is 0 Å². The van der Waals surface area contributed by atoms with Crippen LogP contribution in [0.2, 0.25) is 0 Å². The van der Waals surface area contributed by atoms with Crippen molar-refractivity contribution in [1.29, 1.82) is 0 Å². The minimum atomic E-state index is 0.112. The smallest absolute Gasteiger partial charge is 0.222 e. The Hall–Kier alpha value is -1.16. The van der Waals surface area contributed by atoms with Gasteiger partial charge in [0.2, 0.25) is 5.91 Å². The molecule has 0 spiro atoms. The second-order valence-corrected chi connectivity index (χ2v) is 5.15. The van der Waals surface area contributed by atoms with E-state index < -0.39 is 0 Å². The number of amides is 1. The summed E-state index contributed by atoms with van der Waals surface area (Å²) in [7, 11) is 0. The lowest BCUT2D eigenvalue weighted by Crippen LogP contribution is -2.37. The number of carbonyl (C=O) groups is 1. The second-order valence-electron chi connectivity index (χ2n) is 4.70. The van der Waals surface area contributed by atoms with Gasteiger partial charge in [0.15, 0.2) is 0 Å². The zero-order chi connectivity index (χ0) is 13.0. The SMILES string of the molecule is CC(CC(=O)NCCS)N1CCc2ccccc21. The number of para-hydroxylation sites is 1. The molecule has 1 unspecified atom stereocenters. The number of hydrogen-bond acceptors (Lipinski definition) is 3. The summed E-state index contributed by atoms with van der Waals surface area (Å²) in [5.74, 6) is 0.799. The van der Waals surface area contributed by atoms with Gasteiger partial charge in [0, 0.05) is 37.0 Å². The molecule has 0 aromatic heterocycles. The summed E-state index contributed by atoms with van der Waals surface area (Å²) in [5, 5.41) is 2.87. The van der Waals surface area contributed by atoms with Crippen LogP contribution in [0.15, 0.2) is 24.3 Å². The van der Waals surface area contributed by atoms with E-state index in [1.165, 1.54) is 11.3 Å². The number of benzene rings is 1. The van der Waals surface area contributed by atoms with Crippen LogP contribution in [0.1, 0.15) is 18.9 Å². The van der Waals surface area contributed by atoms with Crippen LogP contribution in [0.4, 0.5) is 5.69 Å². The summed E-state index contributed by atoms with van der Waals surface area (Å²) in [5.41, 5.74) is 2.67. The number of fused-ring (bicyclic) bond motifs is 1. The summed E-state index contributed by atoms with van der Waals surface area (Å²) in [6.07, 6.45) is 1.63. The number of nitrogens with one attached hydrogen (secondary N) is 1. The molecule has 0 radical (unpaired) electrons. The van der Waals surface area contributed by atoms with Gasteiger partial charge in [-0.15, -0.1) is 0 Å². The molecule has 98 valence electrons. The normalized spacial score (nSPS) is 15.3. The highest BCUT2D eigenvalue weighted by Crippen LogP contribution is 2.29. The van der Waals surface area contributed by atoms with Gasteiger partial charge in [-0.3, -0.25) is 4.79 Å². The van der Waals surface area contributed by atoms with E-state index >= 15 is 0 Å². The van der Waals surface area contributed by atoms with Crippen molar-refractivity contribution in [2.24, 2.45) is 0 Å². The van der Waals surface area contributed by atoms with Crippen molar-refractivity contribution in [3.05, 3.63) is 29.8 Å². The number of thiol groups is 1. The van der Waals surface area contributed by atoms with Gasteiger partial charge in [-0.1, -0.05) is 18.2 Å². The van der Waals surface area contributed by atoms with Crippen LogP contribution in [-0.4, -0.2) is 30.8 Å². The molecule has 0 aliphatic carbocycles. The molecule has 0 saturated heterocycles. The lowest BCUT2D eigenvalue weighted by atomic mass is 10.1. The molecule has 18 heavy (non-hydrogen) atoms. The number of nitrogens with zero attached hydrogens (tertiary/aromatic N) is 1. The Balaban J connectivity index is 1.95. The Labute approximate surface area is 114 Å². The lowest BCUT2D eigenvalue weighted by Gasteiger charge is -2.26. The van der Waals surface area contributed by atoms with E-state index in [9.17, 15) is 4.79 Å². The summed E-state index contributed by atoms with van der Waals surface area (Å²) >= 11 is 4.09. The average molecular weight is 264 g/mol. The fraction of sp³-hybridized carbons (Fsp3) is 0.500. The highest BCUT2D eigenvalue weighted by atomic mass is 32.1. The molecule has 1 aromatic rings. The third-order valence-corrected chi connectivity index (χ3v) is 3.59. The molecule has 4 heteroatoms. The topological polar surface area (TPSA) is 32.3 Å². The van der Waals surface area contributed by atoms with Crippen LogP contribution in [0, 0.1) is 0 Å². The van der Waals surface area contributed by atoms with Crippen molar-refractivity contribution in [3.8, 4) is 0 Å². The molecular weight excluding hydrogens is 244 g/mol. The predicted molar refractivity (Wildman–Crippen MR) is 78.4 cm³/mol. The highest BCUT2D eigenvalue weighted by Gasteiger charge is 2.24. The van der Waals surface area contributed by atoms with E-state index in [2.05, 4.69) is 54.0 Å². The molecule has 1 heterocycles. The number of carbonyl (C=O) groups excluding carboxylic acids is 1. The van der Waals surface area contributed by atoms with Crippen molar-refractivity contribution < 1.29 is 4.79 Å². The fourth-order valence-electron chi connectivity index (χ4n) is 2.47. The molecule has 0 saturated carbocycles. The first-order chi connectivity index (χ1) is 8.72. The number of anilines is 1. The molecule has 2 rings (SSSR count). The maximum absolute atomic E-state index is 11.7. The van der Waals surface area contributed by atoms with Crippen molar-refractivity contribution in [3.63, 3.8) is 0 Å². The van der Waals surface area contributed by atoms with Crippen LogP contribution in [0.5, 0.6) is 0 Å². The van der Waals surface area contributed by atoms with Crippen LogP contribution in [0.25, 0.3) is 0 Å². The summed E-state index contributed by atoms with van der Waals surface area (Å²) in [6, 6.07) is 8.69. The van der Waals surface area contributed by atoms with Crippen LogP contribution < -0.4 is 10.2 Å². The third kappa shape index (κ3) is 2.99. The quantitative estimate of drug-likeness (QED) is 0.796. The van der Waals surface area contributed by atoms with E-state index in [-0.39, 0.29) is 11.9 Å². The predicted octanol–water partition coefficient (Wildman–Crippen LogP) is 1.87. The second kappa shape index (κ2) is 6.14. The van der Waals surface area contributed by atoms with E-state index in [0.717, 1.165) is 13.0 Å². The van der Waals surface area contributed by atoms with Crippen molar-refractivity contribution in [1.82, 2.24) is 5.32 Å². The fourth-order valence-corrected chi connectivity index (χ4v) is 2.58. The molecule has 0 bridgehead atoms. The summed E-state index contributed by atoms with van der Waals surface area (Å²) in [6.45, 7) is 3.77. The van der Waals surface area contributed by atoms with E-state index in [1.54, 1.807) is 0 Å². The molecule has 0 fully saturated rings. The first-order valence-electron chi connectivity index (χ1n) is 6.44. The van der Waals surface area contributed by atoms with Crippen molar-refractivity contribution in [2.45, 2.75) is 25.8 Å². The van der Waals surface area contributed by atoms with Gasteiger partial charge in [0.1, 0.15) is 0 Å². The van der Waals surface area contributed by atoms with Gasteiger partial charge in [0.05, 0.1) is 0 Å². The molecule has 1 aromatic carbocycles. The summed E-state index contributed by atoms with van der Waals surface area (Å²) < 4.78 is 0. The Kier molecular flexibility index (Phi) is 4.53. The lowest BCUT2D eigenvalue weighted by molar-refractivity contribution is -0.121. The monoisotopic (exact) mass is 264 g/mol. The highest BCUT2D eigenvalue weighted by molar-refractivity contribution is 7.80. The van der Waals surface area contributed by atoms with Gasteiger partial charge in [-0.2, -0.15) is 12.6 Å². The Bertz CT molecular complexity index is 422. The van der Waals surface area contributed by atoms with E-state index in [0.29, 0.717) is 18.7 Å². The maximum Gasteiger partial charge on any atom is 0.222 e. The van der Waals surface area contributed by atoms with Crippen LogP contribution in [-0.2, 0) is 11.2 Å². The first kappa shape index (κ1) is 13.3.